The number of rotatable bonds is 3. The van der Waals surface area contributed by atoms with Crippen molar-refractivity contribution in [2.75, 3.05) is 19.7 Å². The summed E-state index contributed by atoms with van der Waals surface area (Å²) < 4.78 is 0. The van der Waals surface area contributed by atoms with Crippen LogP contribution in [0, 0.1) is 0 Å². The summed E-state index contributed by atoms with van der Waals surface area (Å²) in [6, 6.07) is -1.14. The summed E-state index contributed by atoms with van der Waals surface area (Å²) in [6.45, 7) is 2.10. The summed E-state index contributed by atoms with van der Waals surface area (Å²) in [5.74, 6) is -2.35. The monoisotopic (exact) mass is 348 g/mol. The Bertz CT molecular complexity index is 355. The highest BCUT2D eigenvalue weighted by molar-refractivity contribution is 5.74. The quantitative estimate of drug-likeness (QED) is 0.305. The molecule has 3 rings (SSSR count). The Balaban J connectivity index is 0.000000180. The zero-order valence-electron chi connectivity index (χ0n) is 13.2. The van der Waals surface area contributed by atoms with Crippen molar-refractivity contribution in [3.05, 3.63) is 0 Å². The SMILES string of the molecule is O=C(O)C1CCCN1.O=C(O)C1CCNN1.O=C(O)C1CCON1. The molecular weight excluding hydrogens is 324 g/mol. The van der Waals surface area contributed by atoms with E-state index in [0.29, 0.717) is 19.4 Å². The number of hydroxylamine groups is 1. The molecule has 0 aromatic rings. The van der Waals surface area contributed by atoms with E-state index in [0.717, 1.165) is 25.9 Å². The van der Waals surface area contributed by atoms with Gasteiger partial charge < -0.3 is 25.5 Å². The van der Waals surface area contributed by atoms with Crippen molar-refractivity contribution in [1.29, 1.82) is 0 Å². The first kappa shape index (κ1) is 20.3. The van der Waals surface area contributed by atoms with Crippen LogP contribution in [0.1, 0.15) is 25.7 Å². The number of carbonyl (C=O) groups is 3. The third-order valence-electron chi connectivity index (χ3n) is 3.52. The highest BCUT2D eigenvalue weighted by Gasteiger charge is 2.22. The molecule has 24 heavy (non-hydrogen) atoms. The Hall–Kier alpha value is -1.79. The topological polar surface area (TPSA) is 169 Å². The number of hydrogen-bond donors (Lipinski definition) is 7. The van der Waals surface area contributed by atoms with Gasteiger partial charge in [-0.25, -0.2) is 5.43 Å². The molecule has 0 bridgehead atoms. The van der Waals surface area contributed by atoms with Gasteiger partial charge in [-0.3, -0.25) is 19.8 Å². The second kappa shape index (κ2) is 10.9. The molecule has 11 heteroatoms. The van der Waals surface area contributed by atoms with Crippen LogP contribution in [0.3, 0.4) is 0 Å². The van der Waals surface area contributed by atoms with E-state index in [1.54, 1.807) is 0 Å². The van der Waals surface area contributed by atoms with E-state index in [4.69, 9.17) is 15.3 Å². The van der Waals surface area contributed by atoms with Crippen LogP contribution in [0.4, 0.5) is 0 Å². The lowest BCUT2D eigenvalue weighted by atomic mass is 10.2. The van der Waals surface area contributed by atoms with Gasteiger partial charge in [0.1, 0.15) is 18.1 Å². The van der Waals surface area contributed by atoms with Crippen molar-refractivity contribution in [3.8, 4) is 0 Å². The second-order valence-electron chi connectivity index (χ2n) is 5.38. The normalized spacial score (nSPS) is 28.2. The van der Waals surface area contributed by atoms with Crippen molar-refractivity contribution < 1.29 is 34.5 Å². The minimum atomic E-state index is -0.845. The molecule has 3 aliphatic rings. The lowest BCUT2D eigenvalue weighted by Gasteiger charge is -1.99. The number of carboxylic acid groups (broad SMARTS) is 3. The van der Waals surface area contributed by atoms with Gasteiger partial charge in [0.25, 0.3) is 0 Å². The summed E-state index contributed by atoms with van der Waals surface area (Å²) >= 11 is 0. The van der Waals surface area contributed by atoms with E-state index >= 15 is 0 Å². The first-order valence-corrected chi connectivity index (χ1v) is 7.69. The third-order valence-corrected chi connectivity index (χ3v) is 3.52. The molecule has 0 aromatic carbocycles. The first-order valence-electron chi connectivity index (χ1n) is 7.69. The van der Waals surface area contributed by atoms with Crippen LogP contribution in [-0.4, -0.2) is 71.0 Å². The van der Waals surface area contributed by atoms with Crippen molar-refractivity contribution in [3.63, 3.8) is 0 Å². The van der Waals surface area contributed by atoms with Gasteiger partial charge in [-0.1, -0.05) is 0 Å². The van der Waals surface area contributed by atoms with E-state index in [2.05, 4.69) is 26.5 Å². The van der Waals surface area contributed by atoms with Crippen LogP contribution >= 0.6 is 0 Å². The first-order chi connectivity index (χ1) is 11.4. The maximum Gasteiger partial charge on any atom is 0.323 e. The van der Waals surface area contributed by atoms with E-state index in [1.165, 1.54) is 0 Å². The highest BCUT2D eigenvalue weighted by Crippen LogP contribution is 2.03. The Morgan fingerprint density at radius 3 is 1.75 bits per heavy atom. The summed E-state index contributed by atoms with van der Waals surface area (Å²) in [5, 5.41) is 27.8. The predicted octanol–water partition coefficient (Wildman–Crippen LogP) is -1.87. The zero-order valence-corrected chi connectivity index (χ0v) is 13.2. The number of hydrogen-bond acceptors (Lipinski definition) is 8. The van der Waals surface area contributed by atoms with Crippen LogP contribution in [-0.2, 0) is 19.2 Å². The van der Waals surface area contributed by atoms with Crippen molar-refractivity contribution in [2.45, 2.75) is 43.8 Å². The number of hydrazine groups is 1. The fourth-order valence-electron chi connectivity index (χ4n) is 2.13. The minimum absolute atomic E-state index is 0.269. The molecule has 3 aliphatic heterocycles. The van der Waals surface area contributed by atoms with Crippen molar-refractivity contribution in [1.82, 2.24) is 21.6 Å². The van der Waals surface area contributed by atoms with Gasteiger partial charge in [0.05, 0.1) is 6.61 Å². The van der Waals surface area contributed by atoms with E-state index in [9.17, 15) is 14.4 Å². The maximum absolute atomic E-state index is 10.1. The van der Waals surface area contributed by atoms with Gasteiger partial charge in [-0.15, -0.1) is 0 Å². The lowest BCUT2D eigenvalue weighted by Crippen LogP contribution is -2.35. The Morgan fingerprint density at radius 1 is 0.833 bits per heavy atom. The minimum Gasteiger partial charge on any atom is -0.480 e. The van der Waals surface area contributed by atoms with Crippen LogP contribution < -0.4 is 21.6 Å². The molecule has 7 N–H and O–H groups in total. The number of carboxylic acids is 3. The fourth-order valence-corrected chi connectivity index (χ4v) is 2.13. The third kappa shape index (κ3) is 7.66. The Labute approximate surface area is 138 Å². The molecule has 0 aromatic heterocycles. The highest BCUT2D eigenvalue weighted by atomic mass is 16.7. The number of nitrogens with one attached hydrogen (secondary N) is 4. The Morgan fingerprint density at radius 2 is 1.50 bits per heavy atom. The lowest BCUT2D eigenvalue weighted by molar-refractivity contribution is -0.141. The largest absolute Gasteiger partial charge is 0.480 e. The smallest absolute Gasteiger partial charge is 0.323 e. The van der Waals surface area contributed by atoms with Crippen LogP contribution in [0.5, 0.6) is 0 Å². The van der Waals surface area contributed by atoms with Crippen LogP contribution in [0.15, 0.2) is 0 Å². The fraction of sp³-hybridized carbons (Fsp3) is 0.769. The Kier molecular flexibility index (Phi) is 9.19. The molecule has 3 saturated heterocycles. The van der Waals surface area contributed by atoms with Gasteiger partial charge in [0.2, 0.25) is 0 Å². The second-order valence-corrected chi connectivity index (χ2v) is 5.38. The van der Waals surface area contributed by atoms with E-state index in [1.807, 2.05) is 0 Å². The van der Waals surface area contributed by atoms with Gasteiger partial charge in [-0.2, -0.15) is 5.48 Å². The summed E-state index contributed by atoms with van der Waals surface area (Å²) in [6.07, 6.45) is 3.02. The molecule has 0 aliphatic carbocycles. The molecule has 0 saturated carbocycles. The molecule has 0 spiro atoms. The molecule has 0 radical (unpaired) electrons. The molecule has 3 fully saturated rings. The van der Waals surface area contributed by atoms with E-state index in [-0.39, 0.29) is 12.1 Å². The van der Waals surface area contributed by atoms with Crippen molar-refractivity contribution in [2.24, 2.45) is 0 Å². The molecule has 3 atom stereocenters. The molecule has 3 unspecified atom stereocenters. The van der Waals surface area contributed by atoms with Gasteiger partial charge in [-0.05, 0) is 25.8 Å². The average Bonchev–Trinajstić information content (AvgIpc) is 3.29. The molecular formula is C13H24N4O7. The van der Waals surface area contributed by atoms with Gasteiger partial charge >= 0.3 is 17.9 Å². The summed E-state index contributed by atoms with van der Waals surface area (Å²) in [5.41, 5.74) is 7.69. The van der Waals surface area contributed by atoms with Gasteiger partial charge in [0.15, 0.2) is 0 Å². The predicted molar refractivity (Wildman–Crippen MR) is 81.0 cm³/mol. The van der Waals surface area contributed by atoms with Crippen molar-refractivity contribution >= 4 is 17.9 Å². The van der Waals surface area contributed by atoms with Crippen LogP contribution in [0.2, 0.25) is 0 Å². The maximum atomic E-state index is 10.1. The van der Waals surface area contributed by atoms with Gasteiger partial charge in [0, 0.05) is 13.0 Å². The average molecular weight is 348 g/mol. The van der Waals surface area contributed by atoms with Crippen LogP contribution in [0.25, 0.3) is 0 Å². The number of aliphatic carboxylic acids is 3. The molecule has 0 amide bonds. The molecule has 11 nitrogen and oxygen atoms in total. The summed E-state index contributed by atoms with van der Waals surface area (Å²) in [4.78, 5) is 34.9. The molecule has 3 heterocycles. The molecule has 138 valence electrons. The standard InChI is InChI=1S/C5H9NO2.C4H8N2O2.C4H7NO3/c7-5(8)4-2-1-3-6-4;7-4(8)3-1-2-5-6-3;6-4(7)3-1-2-8-5-3/h4,6H,1-3H2,(H,7,8);3,5-6H,1-2H2,(H,7,8);3,5H,1-2H2,(H,6,7). The van der Waals surface area contributed by atoms with E-state index < -0.39 is 23.9 Å². The zero-order chi connectivity index (χ0) is 17.9. The summed E-state index contributed by atoms with van der Waals surface area (Å²) in [7, 11) is 0.